The van der Waals surface area contributed by atoms with Gasteiger partial charge < -0.3 is 14.6 Å². The van der Waals surface area contributed by atoms with Gasteiger partial charge in [-0.3, -0.25) is 4.79 Å². The molecular weight excluding hydrogens is 392 g/mol. The molecule has 1 amide bonds. The fourth-order valence-corrected chi connectivity index (χ4v) is 6.22. The third-order valence-electron chi connectivity index (χ3n) is 5.97. The zero-order valence-corrected chi connectivity index (χ0v) is 17.4. The van der Waals surface area contributed by atoms with Crippen LogP contribution in [0.1, 0.15) is 47.8 Å². The molecule has 156 valence electrons. The van der Waals surface area contributed by atoms with E-state index in [1.807, 2.05) is 12.1 Å². The first-order valence-electron chi connectivity index (χ1n) is 10.2. The lowest BCUT2D eigenvalue weighted by atomic mass is 9.95. The Labute approximate surface area is 170 Å². The van der Waals surface area contributed by atoms with E-state index >= 15 is 0 Å². The number of hydrogen-bond acceptors (Lipinski definition) is 5. The van der Waals surface area contributed by atoms with Crippen molar-refractivity contribution in [3.8, 4) is 0 Å². The SMILES string of the molecule is CCN(C(=O)COC(=O)c1ccc2[nH]c3c(c2c1)CCCC3)[C@H]1CCS(=O)(=O)C1. The maximum Gasteiger partial charge on any atom is 0.338 e. The Morgan fingerprint density at radius 1 is 1.24 bits per heavy atom. The van der Waals surface area contributed by atoms with Crippen molar-refractivity contribution in [2.45, 2.75) is 45.1 Å². The van der Waals surface area contributed by atoms with Gasteiger partial charge in [-0.25, -0.2) is 13.2 Å². The molecule has 0 unspecified atom stereocenters. The molecule has 1 atom stereocenters. The highest BCUT2D eigenvalue weighted by atomic mass is 32.2. The molecule has 0 bridgehead atoms. The van der Waals surface area contributed by atoms with Gasteiger partial charge in [0.1, 0.15) is 0 Å². The van der Waals surface area contributed by atoms with Gasteiger partial charge in [0.25, 0.3) is 5.91 Å². The molecule has 1 aliphatic carbocycles. The summed E-state index contributed by atoms with van der Waals surface area (Å²) in [5.74, 6) is -0.818. The molecule has 1 aliphatic heterocycles. The lowest BCUT2D eigenvalue weighted by Gasteiger charge is -2.26. The predicted octanol–water partition coefficient (Wildman–Crippen LogP) is 2.24. The topological polar surface area (TPSA) is 96.5 Å². The van der Waals surface area contributed by atoms with Crippen LogP contribution in [-0.4, -0.2) is 60.9 Å². The lowest BCUT2D eigenvalue weighted by molar-refractivity contribution is -0.136. The summed E-state index contributed by atoms with van der Waals surface area (Å²) in [6.07, 6.45) is 4.79. The van der Waals surface area contributed by atoms with Crippen LogP contribution in [0.3, 0.4) is 0 Å². The number of carbonyl (C=O) groups excluding carboxylic acids is 2. The number of nitrogens with one attached hydrogen (secondary N) is 1. The normalized spacial score (nSPS) is 20.4. The molecule has 0 radical (unpaired) electrons. The number of aromatic nitrogens is 1. The van der Waals surface area contributed by atoms with Crippen molar-refractivity contribution in [3.63, 3.8) is 0 Å². The number of fused-ring (bicyclic) bond motifs is 3. The van der Waals surface area contributed by atoms with E-state index in [2.05, 4.69) is 4.98 Å². The zero-order chi connectivity index (χ0) is 20.6. The van der Waals surface area contributed by atoms with Gasteiger partial charge in [0.05, 0.1) is 17.1 Å². The molecule has 0 spiro atoms. The molecule has 4 rings (SSSR count). The number of aryl methyl sites for hydroxylation is 2. The van der Waals surface area contributed by atoms with Crippen LogP contribution in [0.4, 0.5) is 0 Å². The van der Waals surface area contributed by atoms with Crippen molar-refractivity contribution in [1.82, 2.24) is 9.88 Å². The van der Waals surface area contributed by atoms with E-state index < -0.39 is 15.8 Å². The highest BCUT2D eigenvalue weighted by molar-refractivity contribution is 7.91. The summed E-state index contributed by atoms with van der Waals surface area (Å²) in [6.45, 7) is 1.80. The Balaban J connectivity index is 1.43. The third kappa shape index (κ3) is 4.03. The van der Waals surface area contributed by atoms with Gasteiger partial charge in [-0.05, 0) is 62.8 Å². The van der Waals surface area contributed by atoms with E-state index in [9.17, 15) is 18.0 Å². The number of hydrogen-bond donors (Lipinski definition) is 1. The van der Waals surface area contributed by atoms with Gasteiger partial charge in [0, 0.05) is 29.2 Å². The molecular formula is C21H26N2O5S. The molecule has 2 aromatic rings. The first-order valence-corrected chi connectivity index (χ1v) is 12.0. The predicted molar refractivity (Wildman–Crippen MR) is 110 cm³/mol. The van der Waals surface area contributed by atoms with E-state index in [-0.39, 0.29) is 30.1 Å². The number of sulfone groups is 1. The molecule has 1 fully saturated rings. The molecule has 29 heavy (non-hydrogen) atoms. The number of nitrogens with zero attached hydrogens (tertiary/aromatic N) is 1. The Hall–Kier alpha value is -2.35. The second kappa shape index (κ2) is 7.82. The Morgan fingerprint density at radius 2 is 2.03 bits per heavy atom. The van der Waals surface area contributed by atoms with E-state index in [0.29, 0.717) is 18.5 Å². The number of H-pyrrole nitrogens is 1. The van der Waals surface area contributed by atoms with E-state index in [1.165, 1.54) is 22.6 Å². The van der Waals surface area contributed by atoms with Gasteiger partial charge >= 0.3 is 5.97 Å². The molecule has 8 heteroatoms. The summed E-state index contributed by atoms with van der Waals surface area (Å²) in [4.78, 5) is 30.0. The highest BCUT2D eigenvalue weighted by Gasteiger charge is 2.34. The number of aromatic amines is 1. The number of amides is 1. The molecule has 0 saturated carbocycles. The van der Waals surface area contributed by atoms with Crippen LogP contribution in [-0.2, 0) is 32.2 Å². The van der Waals surface area contributed by atoms with Crippen molar-refractivity contribution < 1.29 is 22.7 Å². The number of rotatable bonds is 5. The summed E-state index contributed by atoms with van der Waals surface area (Å²) < 4.78 is 28.7. The number of esters is 1. The highest BCUT2D eigenvalue weighted by Crippen LogP contribution is 2.29. The Bertz CT molecular complexity index is 1060. The lowest BCUT2D eigenvalue weighted by Crippen LogP contribution is -2.43. The van der Waals surface area contributed by atoms with Crippen LogP contribution >= 0.6 is 0 Å². The second-order valence-corrected chi connectivity index (χ2v) is 10.1. The monoisotopic (exact) mass is 418 g/mol. The van der Waals surface area contributed by atoms with E-state index in [4.69, 9.17) is 4.74 Å². The summed E-state index contributed by atoms with van der Waals surface area (Å²) in [5.41, 5.74) is 3.96. The standard InChI is InChI=1S/C21H26N2O5S/c1-2-23(15-9-10-29(26,27)13-15)20(24)12-28-21(25)14-7-8-19-17(11-14)16-5-3-4-6-18(16)22-19/h7-8,11,15,22H,2-6,9-10,12-13H2,1H3/t15-/m0/s1. The van der Waals surface area contributed by atoms with Crippen LogP contribution in [0, 0.1) is 0 Å². The Morgan fingerprint density at radius 3 is 2.76 bits per heavy atom. The fourth-order valence-electron chi connectivity index (χ4n) is 4.49. The summed E-state index contributed by atoms with van der Waals surface area (Å²) in [5, 5.41) is 1.05. The van der Waals surface area contributed by atoms with Crippen molar-refractivity contribution in [1.29, 1.82) is 0 Å². The van der Waals surface area contributed by atoms with Crippen molar-refractivity contribution >= 4 is 32.6 Å². The van der Waals surface area contributed by atoms with E-state index in [0.717, 1.165) is 30.2 Å². The maximum absolute atomic E-state index is 12.5. The molecule has 2 heterocycles. The fraction of sp³-hybridized carbons (Fsp3) is 0.524. The Kier molecular flexibility index (Phi) is 5.38. The number of likely N-dealkylation sites (N-methyl/N-ethyl adjacent to an activating group) is 1. The van der Waals surface area contributed by atoms with Gasteiger partial charge in [0.2, 0.25) is 0 Å². The van der Waals surface area contributed by atoms with Crippen LogP contribution in [0.15, 0.2) is 18.2 Å². The zero-order valence-electron chi connectivity index (χ0n) is 16.6. The first kappa shape index (κ1) is 19.9. The quantitative estimate of drug-likeness (QED) is 0.751. The third-order valence-corrected chi connectivity index (χ3v) is 7.72. The summed E-state index contributed by atoms with van der Waals surface area (Å²) in [6, 6.07) is 5.09. The minimum Gasteiger partial charge on any atom is -0.452 e. The maximum atomic E-state index is 12.5. The van der Waals surface area contributed by atoms with Crippen molar-refractivity contribution in [2.75, 3.05) is 24.7 Å². The molecule has 2 aliphatic rings. The first-order chi connectivity index (χ1) is 13.9. The van der Waals surface area contributed by atoms with Crippen LogP contribution in [0.25, 0.3) is 10.9 Å². The molecule has 1 N–H and O–H groups in total. The number of carbonyl (C=O) groups is 2. The molecule has 1 saturated heterocycles. The summed E-state index contributed by atoms with van der Waals surface area (Å²) >= 11 is 0. The second-order valence-electron chi connectivity index (χ2n) is 7.86. The molecule has 1 aromatic heterocycles. The van der Waals surface area contributed by atoms with Crippen molar-refractivity contribution in [3.05, 3.63) is 35.0 Å². The van der Waals surface area contributed by atoms with Gasteiger partial charge in [-0.1, -0.05) is 0 Å². The van der Waals surface area contributed by atoms with Crippen LogP contribution < -0.4 is 0 Å². The number of ether oxygens (including phenoxy) is 1. The minimum atomic E-state index is -3.09. The number of benzene rings is 1. The van der Waals surface area contributed by atoms with Gasteiger partial charge in [-0.2, -0.15) is 0 Å². The van der Waals surface area contributed by atoms with Crippen LogP contribution in [0.5, 0.6) is 0 Å². The van der Waals surface area contributed by atoms with Crippen LogP contribution in [0.2, 0.25) is 0 Å². The smallest absolute Gasteiger partial charge is 0.338 e. The van der Waals surface area contributed by atoms with E-state index in [1.54, 1.807) is 13.0 Å². The van der Waals surface area contributed by atoms with Gasteiger partial charge in [0.15, 0.2) is 16.4 Å². The largest absolute Gasteiger partial charge is 0.452 e. The van der Waals surface area contributed by atoms with Gasteiger partial charge in [-0.15, -0.1) is 0 Å². The average Bonchev–Trinajstić information content (AvgIpc) is 3.25. The average molecular weight is 419 g/mol. The minimum absolute atomic E-state index is 0.0181. The molecule has 1 aromatic carbocycles. The molecule has 7 nitrogen and oxygen atoms in total. The van der Waals surface area contributed by atoms with Crippen molar-refractivity contribution in [2.24, 2.45) is 0 Å². The summed E-state index contributed by atoms with van der Waals surface area (Å²) in [7, 11) is -3.09.